The number of tetrazole rings is 1. The number of carboxylic acid groups (broad SMARTS) is 1. The monoisotopic (exact) mass is 534 g/mol. The number of aliphatic carboxylic acids is 1. The van der Waals surface area contributed by atoms with Gasteiger partial charge >= 0.3 is 5.97 Å². The largest absolute Gasteiger partial charge is 0.477 e. The molecule has 5 heterocycles. The molecule has 14 nitrogen and oxygen atoms in total. The van der Waals surface area contributed by atoms with Gasteiger partial charge in [0, 0.05) is 41.7 Å². The Bertz CT molecular complexity index is 1130. The fourth-order valence-electron chi connectivity index (χ4n) is 5.81. The number of rotatable bonds is 8. The quantitative estimate of drug-likeness (QED) is 0.271. The molecule has 7 atom stereocenters. The molecule has 0 spiro atoms. The summed E-state index contributed by atoms with van der Waals surface area (Å²) in [5.74, 6) is -2.68. The highest BCUT2D eigenvalue weighted by Gasteiger charge is 2.60. The van der Waals surface area contributed by atoms with Gasteiger partial charge in [0.2, 0.25) is 17.7 Å². The van der Waals surface area contributed by atoms with Crippen LogP contribution in [0.4, 0.5) is 0 Å². The summed E-state index contributed by atoms with van der Waals surface area (Å²) in [6, 6.07) is -1.26. The van der Waals surface area contributed by atoms with Crippen LogP contribution in [0.25, 0.3) is 0 Å². The fourth-order valence-corrected chi connectivity index (χ4v) is 7.29. The molecule has 5 rings (SSSR count). The van der Waals surface area contributed by atoms with Crippen molar-refractivity contribution in [3.05, 3.63) is 16.9 Å². The molecule has 3 amide bonds. The minimum absolute atomic E-state index is 0.00610. The number of amides is 3. The Morgan fingerprint density at radius 1 is 1.35 bits per heavy atom. The normalized spacial score (nSPS) is 31.9. The van der Waals surface area contributed by atoms with E-state index in [9.17, 15) is 29.4 Å². The van der Waals surface area contributed by atoms with Gasteiger partial charge in [0.05, 0.1) is 24.1 Å². The number of likely N-dealkylation sites (tertiary alicyclic amines) is 1. The predicted octanol–water partition coefficient (Wildman–Crippen LogP) is -1.99. The lowest BCUT2D eigenvalue weighted by atomic mass is 9.78. The number of thioether (sulfide) groups is 1. The lowest BCUT2D eigenvalue weighted by Crippen LogP contribution is -2.66. The number of carbonyl (C=O) groups excluding carboxylic acids is 3. The van der Waals surface area contributed by atoms with Crippen molar-refractivity contribution in [2.24, 2.45) is 11.8 Å². The molecule has 4 aliphatic rings. The van der Waals surface area contributed by atoms with Crippen LogP contribution in [0.15, 0.2) is 16.9 Å². The summed E-state index contributed by atoms with van der Waals surface area (Å²) in [6.07, 6.45) is 1.94. The molecular formula is C22H30N8O6S. The van der Waals surface area contributed by atoms with E-state index in [0.717, 1.165) is 0 Å². The van der Waals surface area contributed by atoms with Gasteiger partial charge in [-0.2, -0.15) is 0 Å². The molecule has 0 aliphatic carbocycles. The molecule has 4 aliphatic heterocycles. The minimum atomic E-state index is -1.16. The Kier molecular flexibility index (Phi) is 6.93. The highest BCUT2D eigenvalue weighted by molar-refractivity contribution is 8.03. The Morgan fingerprint density at radius 2 is 2.14 bits per heavy atom. The van der Waals surface area contributed by atoms with Crippen molar-refractivity contribution >= 4 is 35.5 Å². The molecule has 0 saturated carbocycles. The standard InChI is InChI=1S/C22H30N8O6S/c1-10-17-16(11(2)25-15(32)8-29-9-24-26-27-29)21(34)30(17)18(22(35)36)19(10)37-13-5-14(23-6-13)20(33)28-4-3-12(31)7-28/h9-14,16-17,23,31H,3-8H2,1-2H3,(H,25,32)(H,35,36)/t10-,11-,12-,13+,14+,16-,17-/m1/s1. The van der Waals surface area contributed by atoms with E-state index < -0.39 is 24.0 Å². The highest BCUT2D eigenvalue weighted by atomic mass is 32.2. The van der Waals surface area contributed by atoms with Gasteiger partial charge in [-0.25, -0.2) is 9.48 Å². The summed E-state index contributed by atoms with van der Waals surface area (Å²) >= 11 is 1.41. The Labute approximate surface area is 216 Å². The zero-order valence-electron chi connectivity index (χ0n) is 20.5. The first kappa shape index (κ1) is 25.6. The first-order valence-corrected chi connectivity index (χ1v) is 13.2. The predicted molar refractivity (Wildman–Crippen MR) is 128 cm³/mol. The number of carbonyl (C=O) groups is 4. The van der Waals surface area contributed by atoms with E-state index in [1.807, 2.05) is 6.92 Å². The summed E-state index contributed by atoms with van der Waals surface area (Å²) in [6.45, 7) is 4.96. The lowest BCUT2D eigenvalue weighted by molar-refractivity contribution is -0.158. The minimum Gasteiger partial charge on any atom is -0.477 e. The summed E-state index contributed by atoms with van der Waals surface area (Å²) < 4.78 is 1.27. The van der Waals surface area contributed by atoms with Crippen LogP contribution in [0.1, 0.15) is 26.7 Å². The van der Waals surface area contributed by atoms with Crippen molar-refractivity contribution in [1.29, 1.82) is 0 Å². The topological polar surface area (TPSA) is 183 Å². The number of aliphatic hydroxyl groups excluding tert-OH is 1. The van der Waals surface area contributed by atoms with E-state index in [0.29, 0.717) is 37.4 Å². The Morgan fingerprint density at radius 3 is 2.78 bits per heavy atom. The summed E-state index contributed by atoms with van der Waals surface area (Å²) in [5.41, 5.74) is -0.00610. The third kappa shape index (κ3) is 4.70. The van der Waals surface area contributed by atoms with E-state index in [-0.39, 0.29) is 53.2 Å². The van der Waals surface area contributed by atoms with Crippen LogP contribution in [0.2, 0.25) is 0 Å². The third-order valence-corrected chi connectivity index (χ3v) is 9.08. The summed E-state index contributed by atoms with van der Waals surface area (Å²) in [4.78, 5) is 54.2. The average Bonchev–Trinajstić information content (AvgIpc) is 3.63. The maximum Gasteiger partial charge on any atom is 0.353 e. The summed E-state index contributed by atoms with van der Waals surface area (Å²) in [5, 5.41) is 36.4. The molecule has 1 aromatic heterocycles. The first-order valence-electron chi connectivity index (χ1n) is 12.3. The molecule has 15 heteroatoms. The van der Waals surface area contributed by atoms with Crippen molar-refractivity contribution in [3.63, 3.8) is 0 Å². The molecule has 37 heavy (non-hydrogen) atoms. The lowest BCUT2D eigenvalue weighted by Gasteiger charge is -2.47. The van der Waals surface area contributed by atoms with Gasteiger partial charge in [-0.3, -0.25) is 14.4 Å². The van der Waals surface area contributed by atoms with Crippen molar-refractivity contribution in [2.75, 3.05) is 19.6 Å². The third-order valence-electron chi connectivity index (χ3n) is 7.57. The number of aliphatic hydroxyl groups is 1. The van der Waals surface area contributed by atoms with Gasteiger partial charge in [0.1, 0.15) is 18.6 Å². The number of carboxylic acids is 1. The van der Waals surface area contributed by atoms with Crippen LogP contribution in [0, 0.1) is 11.8 Å². The molecular weight excluding hydrogens is 504 g/mol. The van der Waals surface area contributed by atoms with Crippen LogP contribution in [-0.2, 0) is 25.7 Å². The van der Waals surface area contributed by atoms with Crippen LogP contribution in [-0.4, -0.2) is 113 Å². The van der Waals surface area contributed by atoms with Gasteiger partial charge in [-0.05, 0) is 30.2 Å². The van der Waals surface area contributed by atoms with Crippen LogP contribution in [0.3, 0.4) is 0 Å². The molecule has 3 fully saturated rings. The number of aromatic nitrogens is 4. The van der Waals surface area contributed by atoms with Crippen molar-refractivity contribution in [1.82, 2.24) is 40.6 Å². The summed E-state index contributed by atoms with van der Waals surface area (Å²) in [7, 11) is 0. The van der Waals surface area contributed by atoms with E-state index >= 15 is 0 Å². The molecule has 3 saturated heterocycles. The number of β-lactam (4-membered cyclic amide) rings is 1. The van der Waals surface area contributed by atoms with E-state index in [4.69, 9.17) is 0 Å². The second-order valence-electron chi connectivity index (χ2n) is 10.1. The van der Waals surface area contributed by atoms with Crippen LogP contribution < -0.4 is 10.6 Å². The number of β-amino-alcohol motifs (C(OH)–C–C–N with tert-alkyl or cyclic N) is 1. The molecule has 0 bridgehead atoms. The van der Waals surface area contributed by atoms with Crippen molar-refractivity contribution < 1.29 is 29.4 Å². The maximum absolute atomic E-state index is 13.1. The number of hydrogen-bond donors (Lipinski definition) is 4. The van der Waals surface area contributed by atoms with Crippen LogP contribution >= 0.6 is 11.8 Å². The number of nitrogens with zero attached hydrogens (tertiary/aromatic N) is 6. The van der Waals surface area contributed by atoms with E-state index in [1.54, 1.807) is 11.8 Å². The van der Waals surface area contributed by atoms with Crippen molar-refractivity contribution in [3.8, 4) is 0 Å². The SMILES string of the molecule is C[C@@H](NC(=O)Cn1cnnn1)[C@H]1C(=O)N2C(C(=O)O)=C(S[C@@H]3CN[C@H](C(=O)N4CC[C@@H](O)C4)C3)[C@H](C)[C@H]12. The molecule has 0 unspecified atom stereocenters. The Hall–Kier alpha value is -3.04. The van der Waals surface area contributed by atoms with Gasteiger partial charge in [-0.1, -0.05) is 6.92 Å². The maximum atomic E-state index is 13.1. The molecule has 0 radical (unpaired) electrons. The number of nitrogens with one attached hydrogen (secondary N) is 2. The van der Waals surface area contributed by atoms with Crippen molar-refractivity contribution in [2.45, 2.75) is 62.7 Å². The molecule has 1 aromatic rings. The smallest absolute Gasteiger partial charge is 0.353 e. The van der Waals surface area contributed by atoms with Crippen LogP contribution in [0.5, 0.6) is 0 Å². The average molecular weight is 535 g/mol. The van der Waals surface area contributed by atoms with Gasteiger partial charge < -0.3 is 30.6 Å². The highest BCUT2D eigenvalue weighted by Crippen LogP contribution is 2.51. The fraction of sp³-hybridized carbons (Fsp3) is 0.682. The number of hydrogen-bond acceptors (Lipinski definition) is 10. The van der Waals surface area contributed by atoms with Gasteiger partial charge in [-0.15, -0.1) is 16.9 Å². The second kappa shape index (κ2) is 10.0. The van der Waals surface area contributed by atoms with Gasteiger partial charge in [0.25, 0.3) is 0 Å². The zero-order valence-corrected chi connectivity index (χ0v) is 21.3. The molecule has 4 N–H and O–H groups in total. The number of fused-ring (bicyclic) bond motifs is 1. The second-order valence-corrected chi connectivity index (χ2v) is 11.4. The first-order chi connectivity index (χ1) is 17.7. The van der Waals surface area contributed by atoms with E-state index in [2.05, 4.69) is 26.2 Å². The zero-order chi connectivity index (χ0) is 26.4. The van der Waals surface area contributed by atoms with E-state index in [1.165, 1.54) is 27.7 Å². The molecule has 200 valence electrons. The molecule has 0 aromatic carbocycles. The van der Waals surface area contributed by atoms with Gasteiger partial charge in [0.15, 0.2) is 0 Å². The Balaban J connectivity index is 1.23.